The first-order valence-corrected chi connectivity index (χ1v) is 7.65. The monoisotopic (exact) mass is 300 g/mol. The topological polar surface area (TPSA) is 79.9 Å². The van der Waals surface area contributed by atoms with E-state index in [1.807, 2.05) is 19.1 Å². The minimum absolute atomic E-state index is 0.128. The molecule has 0 spiro atoms. The number of H-pyrrole nitrogens is 1. The summed E-state index contributed by atoms with van der Waals surface area (Å²) < 4.78 is 5.67. The van der Waals surface area contributed by atoms with Gasteiger partial charge in [-0.3, -0.25) is 9.89 Å². The molecule has 1 heterocycles. The standard InChI is InChI=1S/C16H20N4O2/c1-2-14(15-17-10-18-20-15)19-16(21)12-5-7-13(8-6-12)22-9-11-3-4-11/h5-8,10-11,14H,2-4,9H2,1H3,(H,19,21)(H,17,18,20)/t14-/m0/s1. The van der Waals surface area contributed by atoms with Crippen molar-refractivity contribution < 1.29 is 9.53 Å². The molecular formula is C16H20N4O2. The van der Waals surface area contributed by atoms with E-state index in [1.165, 1.54) is 19.2 Å². The summed E-state index contributed by atoms with van der Waals surface area (Å²) in [7, 11) is 0. The van der Waals surface area contributed by atoms with E-state index in [4.69, 9.17) is 4.74 Å². The van der Waals surface area contributed by atoms with Gasteiger partial charge in [-0.2, -0.15) is 5.10 Å². The molecule has 1 atom stereocenters. The molecule has 2 N–H and O–H groups in total. The van der Waals surface area contributed by atoms with Gasteiger partial charge in [-0.1, -0.05) is 6.92 Å². The predicted octanol–water partition coefficient (Wildman–Crippen LogP) is 2.47. The Hall–Kier alpha value is -2.37. The van der Waals surface area contributed by atoms with Gasteiger partial charge in [0, 0.05) is 5.56 Å². The molecule has 1 fully saturated rings. The largest absolute Gasteiger partial charge is 0.493 e. The molecule has 116 valence electrons. The van der Waals surface area contributed by atoms with E-state index >= 15 is 0 Å². The summed E-state index contributed by atoms with van der Waals surface area (Å²) in [6.45, 7) is 2.76. The van der Waals surface area contributed by atoms with Gasteiger partial charge in [0.25, 0.3) is 5.91 Å². The summed E-state index contributed by atoms with van der Waals surface area (Å²) in [6.07, 6.45) is 4.71. The van der Waals surface area contributed by atoms with Gasteiger partial charge in [0.2, 0.25) is 0 Å². The van der Waals surface area contributed by atoms with Crippen LogP contribution in [0.15, 0.2) is 30.6 Å². The maximum atomic E-state index is 12.3. The van der Waals surface area contributed by atoms with Crippen LogP contribution in [0.3, 0.4) is 0 Å². The minimum Gasteiger partial charge on any atom is -0.493 e. The van der Waals surface area contributed by atoms with E-state index < -0.39 is 0 Å². The van der Waals surface area contributed by atoms with Crippen LogP contribution in [0.2, 0.25) is 0 Å². The molecule has 22 heavy (non-hydrogen) atoms. The van der Waals surface area contributed by atoms with Crippen molar-refractivity contribution in [2.75, 3.05) is 6.61 Å². The van der Waals surface area contributed by atoms with Crippen LogP contribution in [0.5, 0.6) is 5.75 Å². The molecule has 0 radical (unpaired) electrons. The third kappa shape index (κ3) is 3.63. The lowest BCUT2D eigenvalue weighted by atomic mass is 10.1. The Morgan fingerprint density at radius 1 is 1.41 bits per heavy atom. The van der Waals surface area contributed by atoms with Gasteiger partial charge in [-0.25, -0.2) is 4.98 Å². The fourth-order valence-corrected chi connectivity index (χ4v) is 2.19. The van der Waals surface area contributed by atoms with Gasteiger partial charge in [-0.05, 0) is 49.4 Å². The average molecular weight is 300 g/mol. The lowest BCUT2D eigenvalue weighted by molar-refractivity contribution is 0.0933. The van der Waals surface area contributed by atoms with Gasteiger partial charge in [0.1, 0.15) is 17.9 Å². The minimum atomic E-state index is -0.166. The summed E-state index contributed by atoms with van der Waals surface area (Å²) in [5, 5.41) is 9.56. The Kier molecular flexibility index (Phi) is 4.37. The normalized spacial score (nSPS) is 15.3. The molecular weight excluding hydrogens is 280 g/mol. The predicted molar refractivity (Wildman–Crippen MR) is 81.5 cm³/mol. The van der Waals surface area contributed by atoms with E-state index in [0.717, 1.165) is 24.7 Å². The Morgan fingerprint density at radius 2 is 2.18 bits per heavy atom. The number of ether oxygens (including phenoxy) is 1. The number of benzene rings is 1. The van der Waals surface area contributed by atoms with Crippen molar-refractivity contribution in [3.05, 3.63) is 42.0 Å². The van der Waals surface area contributed by atoms with Crippen molar-refractivity contribution in [2.24, 2.45) is 5.92 Å². The number of nitrogens with zero attached hydrogens (tertiary/aromatic N) is 2. The Balaban J connectivity index is 1.58. The van der Waals surface area contributed by atoms with Crippen molar-refractivity contribution in [2.45, 2.75) is 32.2 Å². The molecule has 6 heteroatoms. The maximum Gasteiger partial charge on any atom is 0.251 e. The van der Waals surface area contributed by atoms with Crippen LogP contribution in [0, 0.1) is 5.92 Å². The SMILES string of the molecule is CC[C@H](NC(=O)c1ccc(OCC2CC2)cc1)c1ncn[nH]1. The number of amides is 1. The molecule has 1 saturated carbocycles. The number of hydrogen-bond donors (Lipinski definition) is 2. The van der Waals surface area contributed by atoms with Gasteiger partial charge < -0.3 is 10.1 Å². The second-order valence-electron chi connectivity index (χ2n) is 5.58. The van der Waals surface area contributed by atoms with E-state index in [-0.39, 0.29) is 11.9 Å². The number of nitrogens with one attached hydrogen (secondary N) is 2. The molecule has 0 aliphatic heterocycles. The van der Waals surface area contributed by atoms with Crippen molar-refractivity contribution in [3.8, 4) is 5.75 Å². The Morgan fingerprint density at radius 3 is 2.77 bits per heavy atom. The third-order valence-corrected chi connectivity index (χ3v) is 3.78. The quantitative estimate of drug-likeness (QED) is 0.823. The lowest BCUT2D eigenvalue weighted by Gasteiger charge is -2.14. The van der Waals surface area contributed by atoms with Gasteiger partial charge >= 0.3 is 0 Å². The van der Waals surface area contributed by atoms with Crippen molar-refractivity contribution >= 4 is 5.91 Å². The van der Waals surface area contributed by atoms with Crippen LogP contribution in [0.1, 0.15) is 48.4 Å². The molecule has 2 aromatic rings. The van der Waals surface area contributed by atoms with Crippen LogP contribution in [-0.2, 0) is 0 Å². The number of carbonyl (C=O) groups excluding carboxylic acids is 1. The van der Waals surface area contributed by atoms with Crippen molar-refractivity contribution in [1.82, 2.24) is 20.5 Å². The van der Waals surface area contributed by atoms with Crippen LogP contribution < -0.4 is 10.1 Å². The van der Waals surface area contributed by atoms with Crippen LogP contribution >= 0.6 is 0 Å². The Labute approximate surface area is 129 Å². The summed E-state index contributed by atoms with van der Waals surface area (Å²) >= 11 is 0. The van der Waals surface area contributed by atoms with Gasteiger partial charge in [-0.15, -0.1) is 0 Å². The molecule has 6 nitrogen and oxygen atoms in total. The van der Waals surface area contributed by atoms with E-state index in [2.05, 4.69) is 20.5 Å². The molecule has 1 aromatic heterocycles. The molecule has 1 aromatic carbocycles. The molecule has 3 rings (SSSR count). The first kappa shape index (κ1) is 14.6. The number of aromatic nitrogens is 3. The zero-order valence-corrected chi connectivity index (χ0v) is 12.6. The fourth-order valence-electron chi connectivity index (χ4n) is 2.19. The Bertz CT molecular complexity index is 606. The maximum absolute atomic E-state index is 12.3. The molecule has 1 aliphatic rings. The number of hydrogen-bond acceptors (Lipinski definition) is 4. The molecule has 0 saturated heterocycles. The highest BCUT2D eigenvalue weighted by Gasteiger charge is 2.22. The molecule has 1 aliphatic carbocycles. The summed E-state index contributed by atoms with van der Waals surface area (Å²) in [5.74, 6) is 2.07. The zero-order chi connectivity index (χ0) is 15.4. The van der Waals surface area contributed by atoms with Crippen molar-refractivity contribution in [3.63, 3.8) is 0 Å². The van der Waals surface area contributed by atoms with Gasteiger partial charge in [0.15, 0.2) is 0 Å². The summed E-state index contributed by atoms with van der Waals surface area (Å²) in [4.78, 5) is 16.4. The smallest absolute Gasteiger partial charge is 0.251 e. The lowest BCUT2D eigenvalue weighted by Crippen LogP contribution is -2.28. The van der Waals surface area contributed by atoms with Crippen LogP contribution in [0.25, 0.3) is 0 Å². The van der Waals surface area contributed by atoms with Crippen LogP contribution in [-0.4, -0.2) is 27.7 Å². The first-order chi connectivity index (χ1) is 10.8. The van der Waals surface area contributed by atoms with E-state index in [0.29, 0.717) is 11.4 Å². The van der Waals surface area contributed by atoms with Crippen molar-refractivity contribution in [1.29, 1.82) is 0 Å². The number of aromatic amines is 1. The van der Waals surface area contributed by atoms with Gasteiger partial charge in [0.05, 0.1) is 12.6 Å². The molecule has 0 bridgehead atoms. The van der Waals surface area contributed by atoms with E-state index in [9.17, 15) is 4.79 Å². The summed E-state index contributed by atoms with van der Waals surface area (Å²) in [6, 6.07) is 7.08. The molecule has 0 unspecified atom stereocenters. The fraction of sp³-hybridized carbons (Fsp3) is 0.438. The highest BCUT2D eigenvalue weighted by molar-refractivity contribution is 5.94. The molecule has 1 amide bonds. The first-order valence-electron chi connectivity index (χ1n) is 7.65. The van der Waals surface area contributed by atoms with E-state index in [1.54, 1.807) is 12.1 Å². The zero-order valence-electron chi connectivity index (χ0n) is 12.6. The second kappa shape index (κ2) is 6.60. The number of rotatable bonds is 7. The number of carbonyl (C=O) groups is 1. The highest BCUT2D eigenvalue weighted by atomic mass is 16.5. The third-order valence-electron chi connectivity index (χ3n) is 3.78. The van der Waals surface area contributed by atoms with Crippen LogP contribution in [0.4, 0.5) is 0 Å². The highest BCUT2D eigenvalue weighted by Crippen LogP contribution is 2.29. The average Bonchev–Trinajstić information content (AvgIpc) is 3.23. The summed E-state index contributed by atoms with van der Waals surface area (Å²) in [5.41, 5.74) is 0.608. The second-order valence-corrected chi connectivity index (χ2v) is 5.58.